The van der Waals surface area contributed by atoms with E-state index in [-0.39, 0.29) is 0 Å². The van der Waals surface area contributed by atoms with Crippen LogP contribution in [0.2, 0.25) is 0 Å². The van der Waals surface area contributed by atoms with Gasteiger partial charge in [0.15, 0.2) is 0 Å². The van der Waals surface area contributed by atoms with Gasteiger partial charge >= 0.3 is 0 Å². The molecule has 1 atom stereocenters. The number of anilines is 1. The zero-order valence-corrected chi connectivity index (χ0v) is 11.9. The van der Waals surface area contributed by atoms with E-state index in [9.17, 15) is 5.11 Å². The Morgan fingerprint density at radius 3 is 2.57 bits per heavy atom. The van der Waals surface area contributed by atoms with Gasteiger partial charge in [-0.15, -0.1) is 0 Å². The van der Waals surface area contributed by atoms with Crippen molar-refractivity contribution in [3.63, 3.8) is 0 Å². The van der Waals surface area contributed by atoms with E-state index in [1.807, 2.05) is 30.3 Å². The number of ether oxygens (including phenoxy) is 1. The molecule has 0 saturated carbocycles. The summed E-state index contributed by atoms with van der Waals surface area (Å²) in [5.74, 6) is 0.536. The van der Waals surface area contributed by atoms with Gasteiger partial charge in [0.2, 0.25) is 0 Å². The third-order valence-corrected chi connectivity index (χ3v) is 3.17. The Hall–Kier alpha value is -2.51. The van der Waals surface area contributed by atoms with Crippen molar-refractivity contribution < 1.29 is 9.84 Å². The highest BCUT2D eigenvalue weighted by molar-refractivity contribution is 5.64. The van der Waals surface area contributed by atoms with Crippen LogP contribution in [0.15, 0.2) is 42.5 Å². The maximum Gasteiger partial charge on any atom is 0.143 e. The van der Waals surface area contributed by atoms with E-state index in [0.717, 1.165) is 5.56 Å². The van der Waals surface area contributed by atoms with Gasteiger partial charge in [0.05, 0.1) is 23.4 Å². The molecule has 4 heteroatoms. The molecule has 0 radical (unpaired) electrons. The maximum atomic E-state index is 9.54. The molecule has 2 rings (SSSR count). The molecule has 21 heavy (non-hydrogen) atoms. The molecule has 0 heterocycles. The molecule has 0 saturated heterocycles. The summed E-state index contributed by atoms with van der Waals surface area (Å²) in [7, 11) is 0. The minimum absolute atomic E-state index is 0.331. The molecular formula is C17H18N2O2. The van der Waals surface area contributed by atoms with Crippen LogP contribution in [0.5, 0.6) is 5.75 Å². The first-order valence-electron chi connectivity index (χ1n) is 6.78. The second kappa shape index (κ2) is 6.78. The number of nitrogen functional groups attached to an aromatic ring is 1. The van der Waals surface area contributed by atoms with Crippen molar-refractivity contribution in [2.45, 2.75) is 26.1 Å². The molecule has 0 spiro atoms. The summed E-state index contributed by atoms with van der Waals surface area (Å²) in [6.07, 6.45) is -0.235. The number of nitrogens with two attached hydrogens (primary N) is 1. The van der Waals surface area contributed by atoms with Gasteiger partial charge in [-0.25, -0.2) is 0 Å². The smallest absolute Gasteiger partial charge is 0.143 e. The summed E-state index contributed by atoms with van der Waals surface area (Å²) in [6.45, 7) is 2.07. The van der Waals surface area contributed by atoms with E-state index in [0.29, 0.717) is 35.6 Å². The Labute approximate surface area is 124 Å². The fraction of sp³-hybridized carbons (Fsp3) is 0.235. The van der Waals surface area contributed by atoms with Gasteiger partial charge in [-0.3, -0.25) is 0 Å². The van der Waals surface area contributed by atoms with Crippen molar-refractivity contribution in [1.82, 2.24) is 0 Å². The van der Waals surface area contributed by atoms with Crippen molar-refractivity contribution in [1.29, 1.82) is 5.26 Å². The highest BCUT2D eigenvalue weighted by atomic mass is 16.5. The summed E-state index contributed by atoms with van der Waals surface area (Å²) in [6, 6.07) is 15.2. The monoisotopic (exact) mass is 282 g/mol. The lowest BCUT2D eigenvalue weighted by Crippen LogP contribution is -2.10. The SMILES string of the molecule is CC(O)Cc1c(C#N)ccc(OCc2ccccc2)c1N. The largest absolute Gasteiger partial charge is 0.487 e. The number of nitriles is 1. The van der Waals surface area contributed by atoms with E-state index in [1.54, 1.807) is 19.1 Å². The zero-order chi connectivity index (χ0) is 15.2. The van der Waals surface area contributed by atoms with E-state index >= 15 is 0 Å². The number of benzene rings is 2. The lowest BCUT2D eigenvalue weighted by Gasteiger charge is -2.15. The minimum Gasteiger partial charge on any atom is -0.487 e. The van der Waals surface area contributed by atoms with E-state index in [1.165, 1.54) is 0 Å². The van der Waals surface area contributed by atoms with Crippen LogP contribution < -0.4 is 10.5 Å². The highest BCUT2D eigenvalue weighted by Gasteiger charge is 2.14. The van der Waals surface area contributed by atoms with Crippen LogP contribution in [0.25, 0.3) is 0 Å². The van der Waals surface area contributed by atoms with Crippen LogP contribution >= 0.6 is 0 Å². The van der Waals surface area contributed by atoms with Gasteiger partial charge < -0.3 is 15.6 Å². The first-order chi connectivity index (χ1) is 10.1. The van der Waals surface area contributed by atoms with Gasteiger partial charge in [-0.05, 0) is 30.2 Å². The lowest BCUT2D eigenvalue weighted by atomic mass is 10.00. The Morgan fingerprint density at radius 2 is 1.95 bits per heavy atom. The van der Waals surface area contributed by atoms with Crippen molar-refractivity contribution >= 4 is 5.69 Å². The fourth-order valence-electron chi connectivity index (χ4n) is 2.12. The van der Waals surface area contributed by atoms with Crippen molar-refractivity contribution in [2.24, 2.45) is 0 Å². The summed E-state index contributed by atoms with van der Waals surface area (Å²) in [5.41, 5.74) is 8.66. The summed E-state index contributed by atoms with van der Waals surface area (Å²) < 4.78 is 5.73. The van der Waals surface area contributed by atoms with Crippen molar-refractivity contribution in [2.75, 3.05) is 5.73 Å². The van der Waals surface area contributed by atoms with Crippen molar-refractivity contribution in [3.05, 3.63) is 59.2 Å². The van der Waals surface area contributed by atoms with Crippen LogP contribution in [-0.2, 0) is 13.0 Å². The van der Waals surface area contributed by atoms with E-state index in [2.05, 4.69) is 6.07 Å². The Balaban J connectivity index is 2.22. The highest BCUT2D eigenvalue weighted by Crippen LogP contribution is 2.30. The van der Waals surface area contributed by atoms with Gasteiger partial charge in [0, 0.05) is 6.42 Å². The van der Waals surface area contributed by atoms with Crippen LogP contribution in [0.3, 0.4) is 0 Å². The summed E-state index contributed by atoms with van der Waals surface area (Å²) in [4.78, 5) is 0. The average Bonchev–Trinajstić information content (AvgIpc) is 2.49. The molecular weight excluding hydrogens is 264 g/mol. The second-order valence-corrected chi connectivity index (χ2v) is 4.94. The van der Waals surface area contributed by atoms with Gasteiger partial charge in [0.25, 0.3) is 0 Å². The number of nitrogens with zero attached hydrogens (tertiary/aromatic N) is 1. The van der Waals surface area contributed by atoms with Gasteiger partial charge in [-0.1, -0.05) is 30.3 Å². The molecule has 0 amide bonds. The molecule has 0 aliphatic heterocycles. The molecule has 3 N–H and O–H groups in total. The molecule has 108 valence electrons. The molecule has 0 aliphatic rings. The van der Waals surface area contributed by atoms with Crippen LogP contribution in [0, 0.1) is 11.3 Å². The summed E-state index contributed by atoms with van der Waals surface area (Å²) in [5, 5.41) is 18.7. The normalized spacial score (nSPS) is 11.7. The number of aliphatic hydroxyl groups is 1. The third-order valence-electron chi connectivity index (χ3n) is 3.17. The topological polar surface area (TPSA) is 79.3 Å². The molecule has 1 unspecified atom stereocenters. The summed E-state index contributed by atoms with van der Waals surface area (Å²) >= 11 is 0. The Bertz CT molecular complexity index is 646. The Kier molecular flexibility index (Phi) is 4.81. The quantitative estimate of drug-likeness (QED) is 0.826. The first-order valence-corrected chi connectivity index (χ1v) is 6.78. The molecule has 0 bridgehead atoms. The van der Waals surface area contributed by atoms with Gasteiger partial charge in [-0.2, -0.15) is 5.26 Å². The van der Waals surface area contributed by atoms with E-state index < -0.39 is 6.10 Å². The van der Waals surface area contributed by atoms with E-state index in [4.69, 9.17) is 15.7 Å². The fourth-order valence-corrected chi connectivity index (χ4v) is 2.12. The molecule has 0 aromatic heterocycles. The minimum atomic E-state index is -0.566. The molecule has 4 nitrogen and oxygen atoms in total. The lowest BCUT2D eigenvalue weighted by molar-refractivity contribution is 0.195. The third kappa shape index (κ3) is 3.74. The average molecular weight is 282 g/mol. The molecule has 0 fully saturated rings. The number of aliphatic hydroxyl groups excluding tert-OH is 1. The van der Waals surface area contributed by atoms with Crippen LogP contribution in [0.1, 0.15) is 23.6 Å². The van der Waals surface area contributed by atoms with Gasteiger partial charge in [0.1, 0.15) is 12.4 Å². The van der Waals surface area contributed by atoms with Crippen molar-refractivity contribution in [3.8, 4) is 11.8 Å². The number of hydrogen-bond acceptors (Lipinski definition) is 4. The maximum absolute atomic E-state index is 9.54. The number of hydrogen-bond donors (Lipinski definition) is 2. The predicted molar refractivity (Wildman–Crippen MR) is 81.7 cm³/mol. The Morgan fingerprint density at radius 1 is 1.24 bits per heavy atom. The molecule has 2 aromatic carbocycles. The predicted octanol–water partition coefficient (Wildman–Crippen LogP) is 2.64. The second-order valence-electron chi connectivity index (χ2n) is 4.94. The first kappa shape index (κ1) is 14.9. The molecule has 2 aromatic rings. The standard InChI is InChI=1S/C17H18N2O2/c1-12(20)9-15-14(10-18)7-8-16(17(15)19)21-11-13-5-3-2-4-6-13/h2-8,12,20H,9,11,19H2,1H3. The van der Waals surface area contributed by atoms with Crippen LogP contribution in [0.4, 0.5) is 5.69 Å². The molecule has 0 aliphatic carbocycles. The van der Waals surface area contributed by atoms with Crippen LogP contribution in [-0.4, -0.2) is 11.2 Å². The zero-order valence-electron chi connectivity index (χ0n) is 11.9. The number of rotatable bonds is 5.